The molecule has 0 bridgehead atoms. The van der Waals surface area contributed by atoms with E-state index in [1.807, 2.05) is 0 Å². The molecule has 2 atom stereocenters. The molecule has 0 aliphatic rings. The minimum absolute atomic E-state index is 0. The first-order chi connectivity index (χ1) is 23.0. The number of hydrogen-bond donors (Lipinski definition) is 2. The Hall–Kier alpha value is -2.47. The van der Waals surface area contributed by atoms with Gasteiger partial charge in [-0.3, -0.25) is 20.0 Å². The summed E-state index contributed by atoms with van der Waals surface area (Å²) in [4.78, 5) is 15.9. The van der Waals surface area contributed by atoms with E-state index in [0.29, 0.717) is 22.6 Å². The quantitative estimate of drug-likeness (QED) is 0.120. The minimum Gasteiger partial charge on any atom is -0.876 e. The van der Waals surface area contributed by atoms with Crippen molar-refractivity contribution in [1.29, 1.82) is 0 Å². The van der Waals surface area contributed by atoms with Crippen molar-refractivity contribution in [3.63, 3.8) is 0 Å². The van der Waals surface area contributed by atoms with Gasteiger partial charge in [-0.05, 0) is 25.0 Å². The topological polar surface area (TPSA) is 274 Å². The second-order valence-corrected chi connectivity index (χ2v) is 8.78. The maximum Gasteiger partial charge on any atom is 2.00 e. The van der Waals surface area contributed by atoms with Gasteiger partial charge in [-0.2, -0.15) is 14.2 Å². The largest absolute Gasteiger partial charge is 2.00 e. The van der Waals surface area contributed by atoms with Crippen LogP contribution in [0.5, 0.6) is 11.5 Å². The predicted octanol–water partition coefficient (Wildman–Crippen LogP) is -3.57. The van der Waals surface area contributed by atoms with E-state index in [-0.39, 0.29) is 115 Å². The Morgan fingerprint density at radius 2 is 0.827 bits per heavy atom. The van der Waals surface area contributed by atoms with E-state index in [9.17, 15) is 30.6 Å². The van der Waals surface area contributed by atoms with Gasteiger partial charge in [0.1, 0.15) is 0 Å². The van der Waals surface area contributed by atoms with Crippen molar-refractivity contribution < 1.29 is 117 Å². The van der Waals surface area contributed by atoms with E-state index in [0.717, 1.165) is 28.4 Å². The van der Waals surface area contributed by atoms with Crippen LogP contribution in [0.1, 0.15) is 38.8 Å². The Balaban J connectivity index is -0.0000000975. The molecule has 304 valence electrons. The molecule has 0 aliphatic heterocycles. The summed E-state index contributed by atoms with van der Waals surface area (Å²) in [7, 11) is 3.50. The summed E-state index contributed by atoms with van der Waals surface area (Å²) in [6, 6.07) is 13.0. The summed E-state index contributed by atoms with van der Waals surface area (Å²) in [6.45, 7) is 6.42. The second-order valence-electron chi connectivity index (χ2n) is 8.78. The number of aliphatic hydroxyl groups excluding tert-OH is 2. The normalized spacial score (nSPS) is 11.8. The molecule has 52 heavy (non-hydrogen) atoms. The predicted molar refractivity (Wildman–Crippen MR) is 176 cm³/mol. The van der Waals surface area contributed by atoms with Crippen LogP contribution in [0.15, 0.2) is 92.2 Å². The molecule has 0 saturated carbocycles. The van der Waals surface area contributed by atoms with Gasteiger partial charge in [-0.1, -0.05) is 86.7 Å². The van der Waals surface area contributed by atoms with Gasteiger partial charge in [0, 0.05) is 64.3 Å². The third-order valence-electron chi connectivity index (χ3n) is 4.83. The summed E-state index contributed by atoms with van der Waals surface area (Å²) < 4.78 is 0. The molecule has 0 amide bonds. The number of allylic oxidation sites excluding steroid dienone is 4. The SMILES string of the molecule is CC(/C=C(/C)[O-])=NC[C@@H]([O-])CN=Cc1ccccc1[O-].CC(/C=C(/C)[O-])=NC[C@H]([O-])CN=Cc1ccccc1[O-].CO.CO.C[O-].C[O-].[Ni+2].[Ni+2].[Ni+2].[Ni+2]. The third-order valence-corrected chi connectivity index (χ3v) is 4.83. The van der Waals surface area contributed by atoms with Crippen molar-refractivity contribution in [3.05, 3.63) is 83.3 Å². The molecule has 0 aromatic heterocycles. The Labute approximate surface area is 348 Å². The standard InChI is InChI=1S/2C15H19N2O3.2CH4O.2CH3O.4Ni/c2*1-11(7-12(2)18)17-10-14(19)9-16-8-13-5-3-4-6-15(13)20;4*1-2;;;;/h2*3-8,14,18,20H,9-10H2,1-2H3;2*2H,1H3;2*1H3;;;;/q2*-1;;;2*-1;4*+2/p-4/b2*12-7-,16-8?,17-11?;;;;;;;;/t2*14-;;;;;;;;/m10......../s1. The van der Waals surface area contributed by atoms with Gasteiger partial charge in [-0.25, -0.2) is 0 Å². The fourth-order valence-electron chi connectivity index (χ4n) is 3.00. The molecule has 0 saturated heterocycles. The van der Waals surface area contributed by atoms with Crippen LogP contribution in [-0.2, 0) is 66.0 Å². The maximum absolute atomic E-state index is 11.6. The molecule has 0 heterocycles. The van der Waals surface area contributed by atoms with Crippen LogP contribution < -0.4 is 40.9 Å². The van der Waals surface area contributed by atoms with Crippen LogP contribution >= 0.6 is 0 Å². The Kier molecular flexibility index (Phi) is 63.1. The van der Waals surface area contributed by atoms with Crippen LogP contribution in [0.4, 0.5) is 0 Å². The van der Waals surface area contributed by atoms with Gasteiger partial charge in [0.25, 0.3) is 0 Å². The van der Waals surface area contributed by atoms with Crippen LogP contribution in [0.3, 0.4) is 0 Å². The van der Waals surface area contributed by atoms with Gasteiger partial charge in [0.05, 0.1) is 0 Å². The molecule has 18 heteroatoms. The first-order valence-electron chi connectivity index (χ1n) is 14.2. The molecule has 0 fully saturated rings. The zero-order chi connectivity index (χ0) is 37.9. The van der Waals surface area contributed by atoms with E-state index in [1.165, 1.54) is 50.6 Å². The number of rotatable bonds is 12. The number of hydrogen-bond acceptors (Lipinski definition) is 14. The fourth-order valence-corrected chi connectivity index (χ4v) is 3.00. The van der Waals surface area contributed by atoms with Crippen LogP contribution in [0.2, 0.25) is 0 Å². The number of para-hydroxylation sites is 2. The van der Waals surface area contributed by atoms with Crippen molar-refractivity contribution >= 4 is 23.9 Å². The summed E-state index contributed by atoms with van der Waals surface area (Å²) >= 11 is 0. The van der Waals surface area contributed by atoms with Gasteiger partial charge in [0.15, 0.2) is 0 Å². The van der Waals surface area contributed by atoms with Gasteiger partial charge in [-0.15, -0.1) is 23.0 Å². The summed E-state index contributed by atoms with van der Waals surface area (Å²) in [5.74, 6) is -0.440. The summed E-state index contributed by atoms with van der Waals surface area (Å²) in [6.07, 6.45) is 3.60. The molecule has 0 spiro atoms. The molecule has 2 N–H and O–H groups in total. The zero-order valence-electron chi connectivity index (χ0n) is 30.1. The van der Waals surface area contributed by atoms with Crippen molar-refractivity contribution in [2.45, 2.75) is 39.9 Å². The van der Waals surface area contributed by atoms with Crippen molar-refractivity contribution in [2.24, 2.45) is 20.0 Å². The van der Waals surface area contributed by atoms with Crippen LogP contribution in [0, 0.1) is 0 Å². The second kappa shape index (κ2) is 48.5. The van der Waals surface area contributed by atoms with Gasteiger partial charge < -0.3 is 51.1 Å². The molecule has 2 aromatic rings. The smallest absolute Gasteiger partial charge is 0.876 e. The monoisotopic (exact) mass is 904 g/mol. The number of nitrogens with zero attached hydrogens (tertiary/aromatic N) is 4. The van der Waals surface area contributed by atoms with Crippen molar-refractivity contribution in [3.8, 4) is 11.5 Å². The van der Waals surface area contributed by atoms with Gasteiger partial charge >= 0.3 is 66.0 Å². The van der Waals surface area contributed by atoms with Crippen LogP contribution in [0.25, 0.3) is 0 Å². The molecule has 0 unspecified atom stereocenters. The number of benzene rings is 2. The van der Waals surface area contributed by atoms with Crippen molar-refractivity contribution in [1.82, 2.24) is 0 Å². The molecule has 0 aliphatic carbocycles. The van der Waals surface area contributed by atoms with E-state index in [1.54, 1.807) is 50.2 Å². The minimum atomic E-state index is -0.986. The number of aliphatic hydroxyl groups is 2. The van der Waals surface area contributed by atoms with Gasteiger partial charge in [0.2, 0.25) is 0 Å². The Morgan fingerprint density at radius 1 is 0.558 bits per heavy atom. The Bertz CT molecular complexity index is 1160. The maximum atomic E-state index is 11.6. The fraction of sp³-hybridized carbons (Fsp3) is 0.412. The first-order valence-corrected chi connectivity index (χ1v) is 14.2. The first kappa shape index (κ1) is 67.6. The van der Waals surface area contributed by atoms with E-state index in [4.69, 9.17) is 20.4 Å². The van der Waals surface area contributed by atoms with E-state index < -0.39 is 12.2 Å². The Morgan fingerprint density at radius 3 is 1.08 bits per heavy atom. The number of aliphatic imine (C=N–C) groups is 4. The van der Waals surface area contributed by atoms with E-state index in [2.05, 4.69) is 20.0 Å². The van der Waals surface area contributed by atoms with E-state index >= 15 is 0 Å². The summed E-state index contributed by atoms with van der Waals surface area (Å²) in [5, 5.41) is 98.0. The molecule has 14 nitrogen and oxygen atoms in total. The third kappa shape index (κ3) is 42.0. The van der Waals surface area contributed by atoms with Crippen LogP contribution in [-0.4, -0.2) is 101 Å². The summed E-state index contributed by atoms with van der Waals surface area (Å²) in [5.41, 5.74) is 1.99. The average molecular weight is 908 g/mol. The molecule has 0 radical (unpaired) electrons. The van der Waals surface area contributed by atoms with Crippen molar-refractivity contribution in [2.75, 3.05) is 54.6 Å². The molecular weight excluding hydrogens is 859 g/mol. The molecule has 2 aromatic carbocycles. The molecule has 2 rings (SSSR count). The average Bonchev–Trinajstić information content (AvgIpc) is 3.08. The molecular formula is C34H48N4Ni4O10. The zero-order valence-corrected chi connectivity index (χ0v) is 34.1.